The van der Waals surface area contributed by atoms with E-state index in [4.69, 9.17) is 16.5 Å². The molecule has 4 heterocycles. The number of pyridine rings is 2. The average molecular weight is 451 g/mol. The van der Waals surface area contributed by atoms with Crippen molar-refractivity contribution in [3.63, 3.8) is 0 Å². The summed E-state index contributed by atoms with van der Waals surface area (Å²) in [5.74, 6) is 0.921. The highest BCUT2D eigenvalue weighted by Crippen LogP contribution is 2.33. The number of nitrogens with two attached hydrogens (primary N) is 2. The first-order chi connectivity index (χ1) is 15.4. The number of nitrogen functional groups attached to an aromatic ring is 1. The van der Waals surface area contributed by atoms with Crippen molar-refractivity contribution in [2.24, 2.45) is 5.73 Å². The number of hydrogen-bond donors (Lipinski definition) is 3. The number of rotatable bonds is 4. The molecular formula is C24H30N6OS. The predicted molar refractivity (Wildman–Crippen MR) is 130 cm³/mol. The normalized spacial score (nSPS) is 22.8. The number of carbonyl (C=O) groups excluding carboxylic acids is 1. The zero-order valence-corrected chi connectivity index (χ0v) is 19.4. The second-order valence-electron chi connectivity index (χ2n) is 9.05. The minimum Gasteiger partial charge on any atom is -0.397 e. The van der Waals surface area contributed by atoms with E-state index in [9.17, 15) is 4.79 Å². The molecule has 0 unspecified atom stereocenters. The first-order valence-corrected chi connectivity index (χ1v) is 12.2. The van der Waals surface area contributed by atoms with Crippen molar-refractivity contribution in [3.8, 4) is 0 Å². The number of aryl methyl sites for hydroxylation is 2. The van der Waals surface area contributed by atoms with Crippen LogP contribution < -0.4 is 21.7 Å². The monoisotopic (exact) mass is 450 g/mol. The fourth-order valence-electron chi connectivity index (χ4n) is 5.01. The molecule has 0 aromatic carbocycles. The van der Waals surface area contributed by atoms with Gasteiger partial charge in [-0.2, -0.15) is 0 Å². The van der Waals surface area contributed by atoms with Crippen molar-refractivity contribution in [1.29, 1.82) is 0 Å². The van der Waals surface area contributed by atoms with Gasteiger partial charge in [-0.25, -0.2) is 9.97 Å². The quantitative estimate of drug-likeness (QED) is 0.563. The average Bonchev–Trinajstić information content (AvgIpc) is 3.32. The van der Waals surface area contributed by atoms with Crippen LogP contribution >= 0.6 is 11.3 Å². The van der Waals surface area contributed by atoms with Gasteiger partial charge in [0.05, 0.1) is 5.69 Å². The summed E-state index contributed by atoms with van der Waals surface area (Å²) in [5.41, 5.74) is 16.3. The van der Waals surface area contributed by atoms with Crippen LogP contribution in [0.1, 0.15) is 52.8 Å². The summed E-state index contributed by atoms with van der Waals surface area (Å²) in [6.07, 6.45) is 4.62. The maximum absolute atomic E-state index is 13.0. The number of anilines is 2. The van der Waals surface area contributed by atoms with Crippen molar-refractivity contribution in [3.05, 3.63) is 46.1 Å². The Labute approximate surface area is 192 Å². The number of amides is 1. The molecular weight excluding hydrogens is 420 g/mol. The van der Waals surface area contributed by atoms with E-state index < -0.39 is 0 Å². The second-order valence-corrected chi connectivity index (χ2v) is 10.0. The molecule has 0 saturated carbocycles. The molecule has 0 radical (unpaired) electrons. The summed E-state index contributed by atoms with van der Waals surface area (Å²) >= 11 is 1.36. The Bertz CT molecular complexity index is 1170. The van der Waals surface area contributed by atoms with Crippen LogP contribution in [0, 0.1) is 6.92 Å². The van der Waals surface area contributed by atoms with Crippen LogP contribution in [0.15, 0.2) is 24.3 Å². The van der Waals surface area contributed by atoms with E-state index in [1.165, 1.54) is 16.9 Å². The highest BCUT2D eigenvalue weighted by Gasteiger charge is 2.31. The predicted octanol–water partition coefficient (Wildman–Crippen LogP) is 3.19. The van der Waals surface area contributed by atoms with Gasteiger partial charge in [0.1, 0.15) is 15.5 Å². The minimum atomic E-state index is -0.113. The van der Waals surface area contributed by atoms with E-state index in [0.29, 0.717) is 16.6 Å². The Morgan fingerprint density at radius 3 is 2.94 bits per heavy atom. The Morgan fingerprint density at radius 1 is 1.28 bits per heavy atom. The Morgan fingerprint density at radius 2 is 2.12 bits per heavy atom. The third-order valence-electron chi connectivity index (χ3n) is 6.74. The maximum atomic E-state index is 13.0. The van der Waals surface area contributed by atoms with Crippen LogP contribution in [0.25, 0.3) is 10.2 Å². The number of hydrogen-bond acceptors (Lipinski definition) is 7. The summed E-state index contributed by atoms with van der Waals surface area (Å²) in [6, 6.07) is 8.91. The second kappa shape index (κ2) is 8.33. The van der Waals surface area contributed by atoms with Gasteiger partial charge in [-0.1, -0.05) is 13.0 Å². The summed E-state index contributed by atoms with van der Waals surface area (Å²) in [4.78, 5) is 26.2. The third kappa shape index (κ3) is 3.82. The van der Waals surface area contributed by atoms with Crippen LogP contribution in [0.5, 0.6) is 0 Å². The lowest BCUT2D eigenvalue weighted by Gasteiger charge is -2.28. The molecule has 5 rings (SSSR count). The van der Waals surface area contributed by atoms with E-state index in [2.05, 4.69) is 34.3 Å². The van der Waals surface area contributed by atoms with E-state index in [1.54, 1.807) is 0 Å². The molecule has 1 aliphatic carbocycles. The van der Waals surface area contributed by atoms with Crippen molar-refractivity contribution in [1.82, 2.24) is 15.3 Å². The lowest BCUT2D eigenvalue weighted by molar-refractivity contribution is 0.0938. The summed E-state index contributed by atoms with van der Waals surface area (Å²) < 4.78 is 0. The Hall–Kier alpha value is -2.71. The molecule has 1 saturated heterocycles. The summed E-state index contributed by atoms with van der Waals surface area (Å²) in [5, 5.41) is 4.04. The lowest BCUT2D eigenvalue weighted by atomic mass is 9.91. The van der Waals surface area contributed by atoms with Gasteiger partial charge in [-0.15, -0.1) is 11.3 Å². The van der Waals surface area contributed by atoms with Crippen molar-refractivity contribution >= 4 is 39.0 Å². The zero-order valence-electron chi connectivity index (χ0n) is 18.6. The van der Waals surface area contributed by atoms with Gasteiger partial charge < -0.3 is 21.7 Å². The molecule has 8 heteroatoms. The highest BCUT2D eigenvalue weighted by molar-refractivity contribution is 7.21. The van der Waals surface area contributed by atoms with Crippen LogP contribution in [-0.2, 0) is 12.8 Å². The molecule has 168 valence electrons. The van der Waals surface area contributed by atoms with Gasteiger partial charge in [0.2, 0.25) is 0 Å². The van der Waals surface area contributed by atoms with Crippen LogP contribution in [0.4, 0.5) is 11.5 Å². The molecule has 0 spiro atoms. The molecule has 7 nitrogen and oxygen atoms in total. The molecule has 1 amide bonds. The van der Waals surface area contributed by atoms with Gasteiger partial charge >= 0.3 is 0 Å². The van der Waals surface area contributed by atoms with E-state index in [-0.39, 0.29) is 18.0 Å². The van der Waals surface area contributed by atoms with Gasteiger partial charge in [0.25, 0.3) is 5.91 Å². The fourth-order valence-corrected chi connectivity index (χ4v) is 6.05. The number of aromatic nitrogens is 2. The zero-order chi connectivity index (χ0) is 22.4. The standard InChI is InChI=1S/C24H30N6OS/c1-3-17-11-15(25)12-30(17)20-9-5-14-10-16(6-8-19(14)29-20)28-23(31)22-21(26)18-7-4-13(2)27-24(18)32-22/h4-5,7,9,15-17H,3,6,8,10-12,25-26H2,1-2H3,(H,28,31)/t15-,16+,17+/m1/s1. The molecule has 3 aromatic rings. The topological polar surface area (TPSA) is 110 Å². The maximum Gasteiger partial charge on any atom is 0.263 e. The fraction of sp³-hybridized carbons (Fsp3) is 0.458. The van der Waals surface area contributed by atoms with Gasteiger partial charge in [-0.3, -0.25) is 4.79 Å². The van der Waals surface area contributed by atoms with Crippen LogP contribution in [0.3, 0.4) is 0 Å². The molecule has 3 atom stereocenters. The first-order valence-electron chi connectivity index (χ1n) is 11.4. The number of nitrogens with one attached hydrogen (secondary N) is 1. The van der Waals surface area contributed by atoms with Gasteiger partial charge in [0.15, 0.2) is 0 Å². The third-order valence-corrected chi connectivity index (χ3v) is 7.85. The van der Waals surface area contributed by atoms with Gasteiger partial charge in [-0.05, 0) is 62.8 Å². The highest BCUT2D eigenvalue weighted by atomic mass is 32.1. The number of nitrogens with zero attached hydrogens (tertiary/aromatic N) is 3. The van der Waals surface area contributed by atoms with Gasteiger partial charge in [0, 0.05) is 41.4 Å². The molecule has 3 aromatic heterocycles. The largest absolute Gasteiger partial charge is 0.397 e. The smallest absolute Gasteiger partial charge is 0.263 e. The molecule has 1 fully saturated rings. The van der Waals surface area contributed by atoms with Crippen LogP contribution in [0.2, 0.25) is 0 Å². The summed E-state index contributed by atoms with van der Waals surface area (Å²) in [7, 11) is 0. The van der Waals surface area contributed by atoms with E-state index in [1.807, 2.05) is 19.1 Å². The first kappa shape index (κ1) is 21.2. The van der Waals surface area contributed by atoms with Crippen molar-refractivity contribution in [2.45, 2.75) is 64.1 Å². The summed E-state index contributed by atoms with van der Waals surface area (Å²) in [6.45, 7) is 5.02. The Balaban J connectivity index is 1.30. The molecule has 1 aliphatic heterocycles. The number of thiophene rings is 1. The molecule has 5 N–H and O–H groups in total. The van der Waals surface area contributed by atoms with Crippen molar-refractivity contribution < 1.29 is 4.79 Å². The lowest BCUT2D eigenvalue weighted by Crippen LogP contribution is -2.39. The SMILES string of the molecule is CC[C@H]1C[C@@H](N)CN1c1ccc2c(n1)CC[C@H](NC(=O)c1sc3nc(C)ccc3c1N)C2. The number of carbonyl (C=O) groups is 1. The number of fused-ring (bicyclic) bond motifs is 2. The van der Waals surface area contributed by atoms with Crippen LogP contribution in [-0.4, -0.2) is 40.5 Å². The van der Waals surface area contributed by atoms with E-state index >= 15 is 0 Å². The minimum absolute atomic E-state index is 0.0746. The molecule has 32 heavy (non-hydrogen) atoms. The van der Waals surface area contributed by atoms with Crippen molar-refractivity contribution in [2.75, 3.05) is 17.2 Å². The Kier molecular flexibility index (Phi) is 5.51. The molecule has 0 bridgehead atoms. The van der Waals surface area contributed by atoms with E-state index in [0.717, 1.165) is 66.1 Å². The molecule has 2 aliphatic rings.